The van der Waals surface area contributed by atoms with Crippen molar-refractivity contribution >= 4 is 27.3 Å². The number of halogens is 1. The quantitative estimate of drug-likeness (QED) is 0.882. The lowest BCUT2D eigenvalue weighted by Gasteiger charge is -2.13. The minimum Gasteiger partial charge on any atom is -0.388 e. The topological polar surface area (TPSA) is 20.2 Å². The molecule has 1 unspecified atom stereocenters. The number of hydrogen-bond donors (Lipinski definition) is 1. The van der Waals surface area contributed by atoms with Gasteiger partial charge in [-0.2, -0.15) is 0 Å². The average Bonchev–Trinajstić information content (AvgIpc) is 2.82. The molecule has 1 aromatic carbocycles. The molecule has 0 aliphatic rings. The Balaban J connectivity index is 2.04. The van der Waals surface area contributed by atoms with E-state index < -0.39 is 6.10 Å². The lowest BCUT2D eigenvalue weighted by Crippen LogP contribution is -2.00. The molecule has 1 heterocycles. The predicted molar refractivity (Wildman–Crippen MR) is 76.5 cm³/mol. The van der Waals surface area contributed by atoms with Crippen LogP contribution in [0.2, 0.25) is 0 Å². The summed E-state index contributed by atoms with van der Waals surface area (Å²) in [5.41, 5.74) is 2.15. The third kappa shape index (κ3) is 3.18. The first-order valence-corrected chi connectivity index (χ1v) is 7.31. The zero-order valence-electron chi connectivity index (χ0n) is 9.69. The van der Waals surface area contributed by atoms with E-state index in [9.17, 15) is 5.11 Å². The van der Waals surface area contributed by atoms with Crippen molar-refractivity contribution < 1.29 is 5.11 Å². The van der Waals surface area contributed by atoms with E-state index >= 15 is 0 Å². The van der Waals surface area contributed by atoms with Gasteiger partial charge < -0.3 is 5.11 Å². The van der Waals surface area contributed by atoms with Crippen molar-refractivity contribution in [1.29, 1.82) is 0 Å². The molecule has 0 radical (unpaired) electrons. The lowest BCUT2D eigenvalue weighted by molar-refractivity contribution is 0.167. The number of benzene rings is 1. The molecule has 0 amide bonds. The maximum Gasteiger partial charge on any atom is 0.0804 e. The zero-order valence-corrected chi connectivity index (χ0v) is 12.1. The second-order valence-corrected chi connectivity index (χ2v) is 5.94. The summed E-state index contributed by atoms with van der Waals surface area (Å²) in [4.78, 5) is 1.33. The highest BCUT2D eigenvalue weighted by Gasteiger charge is 2.12. The zero-order chi connectivity index (χ0) is 12.3. The van der Waals surface area contributed by atoms with Crippen molar-refractivity contribution in [3.63, 3.8) is 0 Å². The highest BCUT2D eigenvalue weighted by Crippen LogP contribution is 2.29. The Labute approximate surface area is 114 Å². The van der Waals surface area contributed by atoms with Gasteiger partial charge in [0.05, 0.1) is 6.10 Å². The van der Waals surface area contributed by atoms with Crippen molar-refractivity contribution in [3.05, 3.63) is 56.2 Å². The van der Waals surface area contributed by atoms with Gasteiger partial charge in [-0.1, -0.05) is 40.2 Å². The molecular formula is C14H15BrOS. The molecule has 1 atom stereocenters. The molecule has 2 aromatic rings. The van der Waals surface area contributed by atoms with Crippen LogP contribution in [0.15, 0.2) is 40.2 Å². The summed E-state index contributed by atoms with van der Waals surface area (Å²) in [5.74, 6) is 0. The van der Waals surface area contributed by atoms with Crippen LogP contribution in [0.4, 0.5) is 0 Å². The minimum atomic E-state index is -0.397. The minimum absolute atomic E-state index is 0.397. The predicted octanol–water partition coefficient (Wildman–Crippen LogP) is 4.49. The van der Waals surface area contributed by atoms with Crippen LogP contribution >= 0.6 is 27.3 Å². The highest BCUT2D eigenvalue weighted by molar-refractivity contribution is 9.10. The van der Waals surface area contributed by atoms with Crippen molar-refractivity contribution in [1.82, 2.24) is 0 Å². The smallest absolute Gasteiger partial charge is 0.0804 e. The third-order valence-electron chi connectivity index (χ3n) is 2.82. The van der Waals surface area contributed by atoms with Gasteiger partial charge in [-0.3, -0.25) is 0 Å². The molecule has 0 spiro atoms. The number of rotatable bonds is 4. The molecule has 17 heavy (non-hydrogen) atoms. The van der Waals surface area contributed by atoms with Gasteiger partial charge >= 0.3 is 0 Å². The van der Waals surface area contributed by atoms with E-state index in [0.29, 0.717) is 0 Å². The molecule has 0 bridgehead atoms. The molecule has 1 nitrogen and oxygen atoms in total. The molecule has 1 aromatic heterocycles. The molecular weight excluding hydrogens is 296 g/mol. The van der Waals surface area contributed by atoms with Crippen molar-refractivity contribution in [3.8, 4) is 0 Å². The fourth-order valence-electron chi connectivity index (χ4n) is 1.82. The molecule has 0 aliphatic heterocycles. The van der Waals surface area contributed by atoms with Crippen molar-refractivity contribution in [2.75, 3.05) is 0 Å². The van der Waals surface area contributed by atoms with Crippen LogP contribution < -0.4 is 0 Å². The fourth-order valence-corrected chi connectivity index (χ4v) is 3.07. The van der Waals surface area contributed by atoms with Crippen LogP contribution in [0, 0.1) is 6.92 Å². The Kier molecular flexibility index (Phi) is 4.37. The van der Waals surface area contributed by atoms with Crippen LogP contribution in [0.5, 0.6) is 0 Å². The lowest BCUT2D eigenvalue weighted by atomic mass is 10.0. The summed E-state index contributed by atoms with van der Waals surface area (Å²) >= 11 is 5.29. The number of aryl methyl sites for hydroxylation is 2. The molecule has 0 fully saturated rings. The van der Waals surface area contributed by atoms with Gasteiger partial charge in [0.25, 0.3) is 0 Å². The van der Waals surface area contributed by atoms with Crippen LogP contribution in [0.1, 0.15) is 28.5 Å². The number of hydrogen-bond acceptors (Lipinski definition) is 2. The van der Waals surface area contributed by atoms with Crippen LogP contribution in [0.25, 0.3) is 0 Å². The first kappa shape index (κ1) is 12.8. The van der Waals surface area contributed by atoms with Crippen LogP contribution in [0.3, 0.4) is 0 Å². The van der Waals surface area contributed by atoms with Gasteiger partial charge in [-0.05, 0) is 42.3 Å². The molecule has 3 heteroatoms. The Morgan fingerprint density at radius 3 is 2.82 bits per heavy atom. The van der Waals surface area contributed by atoms with E-state index in [1.165, 1.54) is 4.88 Å². The molecule has 0 saturated heterocycles. The molecule has 2 rings (SSSR count). The van der Waals surface area contributed by atoms with Gasteiger partial charge in [0, 0.05) is 9.35 Å². The molecule has 0 saturated carbocycles. The van der Waals surface area contributed by atoms with E-state index in [1.807, 2.05) is 25.1 Å². The van der Waals surface area contributed by atoms with Gasteiger partial charge in [0.15, 0.2) is 0 Å². The van der Waals surface area contributed by atoms with Crippen molar-refractivity contribution in [2.45, 2.75) is 25.9 Å². The molecule has 90 valence electrons. The molecule has 1 N–H and O–H groups in total. The first-order valence-electron chi connectivity index (χ1n) is 5.64. The summed E-state index contributed by atoms with van der Waals surface area (Å²) in [6.07, 6.45) is 1.30. The van der Waals surface area contributed by atoms with E-state index in [0.717, 1.165) is 28.4 Å². The Bertz CT molecular complexity index is 479. The highest BCUT2D eigenvalue weighted by atomic mass is 79.9. The Morgan fingerprint density at radius 2 is 2.12 bits per heavy atom. The maximum absolute atomic E-state index is 10.2. The summed E-state index contributed by atoms with van der Waals surface area (Å²) in [6.45, 7) is 2.04. The first-order chi connectivity index (χ1) is 8.18. The average molecular weight is 311 g/mol. The van der Waals surface area contributed by atoms with E-state index in [1.54, 1.807) is 11.3 Å². The van der Waals surface area contributed by atoms with Crippen LogP contribution in [-0.4, -0.2) is 5.11 Å². The maximum atomic E-state index is 10.2. The Hall–Kier alpha value is -0.640. The normalized spacial score (nSPS) is 12.6. The number of aliphatic hydroxyl groups is 1. The molecule has 0 aliphatic carbocycles. The number of thiophene rings is 1. The summed E-state index contributed by atoms with van der Waals surface area (Å²) in [5, 5.41) is 12.3. The second-order valence-electron chi connectivity index (χ2n) is 4.11. The van der Waals surface area contributed by atoms with E-state index in [2.05, 4.69) is 33.4 Å². The van der Waals surface area contributed by atoms with E-state index in [-0.39, 0.29) is 0 Å². The fraction of sp³-hybridized carbons (Fsp3) is 0.286. The van der Waals surface area contributed by atoms with Gasteiger partial charge in [0.2, 0.25) is 0 Å². The summed E-state index contributed by atoms with van der Waals surface area (Å²) < 4.78 is 1.03. The largest absolute Gasteiger partial charge is 0.388 e. The van der Waals surface area contributed by atoms with Crippen LogP contribution in [-0.2, 0) is 6.42 Å². The van der Waals surface area contributed by atoms with Gasteiger partial charge in [-0.25, -0.2) is 0 Å². The van der Waals surface area contributed by atoms with Crippen molar-refractivity contribution in [2.24, 2.45) is 0 Å². The SMILES string of the molecule is Cc1cccc(C(O)CCc2cccs2)c1Br. The Morgan fingerprint density at radius 1 is 1.29 bits per heavy atom. The number of aliphatic hydroxyl groups excluding tert-OH is 1. The third-order valence-corrected chi connectivity index (χ3v) is 4.84. The monoisotopic (exact) mass is 310 g/mol. The standard InChI is InChI=1S/C14H15BrOS/c1-10-4-2-6-12(14(10)15)13(16)8-7-11-5-3-9-17-11/h2-6,9,13,16H,7-8H2,1H3. The van der Waals surface area contributed by atoms with Gasteiger partial charge in [0.1, 0.15) is 0 Å². The summed E-state index contributed by atoms with van der Waals surface area (Å²) in [6, 6.07) is 10.2. The second kappa shape index (κ2) is 5.80. The summed E-state index contributed by atoms with van der Waals surface area (Å²) in [7, 11) is 0. The van der Waals surface area contributed by atoms with E-state index in [4.69, 9.17) is 0 Å². The van der Waals surface area contributed by atoms with Gasteiger partial charge in [-0.15, -0.1) is 11.3 Å².